The summed E-state index contributed by atoms with van der Waals surface area (Å²) in [4.78, 5) is 33.0. The number of nitrogens with zero attached hydrogens (tertiary/aromatic N) is 2. The predicted octanol–water partition coefficient (Wildman–Crippen LogP) is 5.29. The van der Waals surface area contributed by atoms with E-state index in [2.05, 4.69) is 38.0 Å². The van der Waals surface area contributed by atoms with Gasteiger partial charge in [-0.3, -0.25) is 4.57 Å². The smallest absolute Gasteiger partial charge is 0.338 e. The molecule has 1 N–H and O–H groups in total. The molecule has 4 aromatic rings. The molecule has 0 saturated heterocycles. The first-order valence-electron chi connectivity index (χ1n) is 9.38. The molecule has 8 heteroatoms. The van der Waals surface area contributed by atoms with Gasteiger partial charge in [0.25, 0.3) is 0 Å². The van der Waals surface area contributed by atoms with Gasteiger partial charge in [0.1, 0.15) is 11.1 Å². The lowest BCUT2D eigenvalue weighted by molar-refractivity contribution is 0.0343. The fraction of sp³-hybridized carbons (Fsp3) is 0.227. The topological polar surface area (TPSA) is 77.0 Å². The number of nitrogens with one attached hydrogen (secondary N) is 1. The van der Waals surface area contributed by atoms with Gasteiger partial charge in [0, 0.05) is 17.1 Å². The van der Waals surface area contributed by atoms with Gasteiger partial charge in [0.2, 0.25) is 0 Å². The Morgan fingerprint density at radius 3 is 2.63 bits per heavy atom. The third-order valence-electron chi connectivity index (χ3n) is 4.96. The van der Waals surface area contributed by atoms with Crippen molar-refractivity contribution in [2.24, 2.45) is 7.05 Å². The molecule has 0 amide bonds. The Bertz CT molecular complexity index is 1320. The molecule has 0 fully saturated rings. The average molecular weight is 486 g/mol. The third-order valence-corrected chi connectivity index (χ3v) is 6.94. The highest BCUT2D eigenvalue weighted by Crippen LogP contribution is 2.34. The Kier molecular flexibility index (Phi) is 5.38. The largest absolute Gasteiger partial charge is 0.453 e. The zero-order chi connectivity index (χ0) is 21.6. The Hall–Kier alpha value is -2.71. The van der Waals surface area contributed by atoms with E-state index in [1.54, 1.807) is 19.2 Å². The number of benzene rings is 2. The number of fused-ring (bicyclic) bond motifs is 1. The minimum Gasteiger partial charge on any atom is -0.453 e. The quantitative estimate of drug-likeness (QED) is 0.398. The van der Waals surface area contributed by atoms with Gasteiger partial charge in [-0.2, -0.15) is 0 Å². The summed E-state index contributed by atoms with van der Waals surface area (Å²) in [5, 5.41) is 0.899. The molecule has 2 aromatic heterocycles. The van der Waals surface area contributed by atoms with Crippen LogP contribution in [-0.2, 0) is 11.8 Å². The average Bonchev–Trinajstić information content (AvgIpc) is 3.22. The summed E-state index contributed by atoms with van der Waals surface area (Å²) in [5.74, 6) is -0.459. The van der Waals surface area contributed by atoms with Crippen molar-refractivity contribution >= 4 is 44.3 Å². The van der Waals surface area contributed by atoms with Crippen molar-refractivity contribution in [2.45, 2.75) is 26.9 Å². The second kappa shape index (κ2) is 7.85. The summed E-state index contributed by atoms with van der Waals surface area (Å²) < 4.78 is 7.86. The third kappa shape index (κ3) is 3.73. The van der Waals surface area contributed by atoms with Crippen LogP contribution >= 0.6 is 27.3 Å². The Morgan fingerprint density at radius 2 is 1.93 bits per heavy atom. The molecule has 1 atom stereocenters. The standard InChI is InChI=1S/C22H20BrN3O3S/c1-11-5-7-14(8-6-11)20-24-12(2)19(30-20)13(3)29-21(27)15-9-16(23)18-17(10-15)25-22(28)26(18)4/h5-10,13H,1-4H3,(H,25,28). The zero-order valence-corrected chi connectivity index (χ0v) is 19.3. The molecular formula is C22H20BrN3O3S. The molecular weight excluding hydrogens is 466 g/mol. The Morgan fingerprint density at radius 1 is 1.23 bits per heavy atom. The maximum absolute atomic E-state index is 12.8. The molecule has 2 heterocycles. The molecule has 4 rings (SSSR count). The number of carbonyl (C=O) groups excluding carboxylic acids is 1. The molecule has 154 valence electrons. The van der Waals surface area contributed by atoms with E-state index in [-0.39, 0.29) is 5.69 Å². The summed E-state index contributed by atoms with van der Waals surface area (Å²) in [6.07, 6.45) is -0.446. The van der Waals surface area contributed by atoms with Crippen molar-refractivity contribution in [1.82, 2.24) is 14.5 Å². The molecule has 0 aliphatic rings. The SMILES string of the molecule is Cc1ccc(-c2nc(C)c(C(C)OC(=O)c3cc(Br)c4c(c3)[nH]c(=O)n4C)s2)cc1. The number of esters is 1. The van der Waals surface area contributed by atoms with E-state index in [0.29, 0.717) is 21.1 Å². The number of hydrogen-bond acceptors (Lipinski definition) is 5. The first kappa shape index (κ1) is 20.6. The van der Waals surface area contributed by atoms with Gasteiger partial charge in [0.05, 0.1) is 27.2 Å². The minimum absolute atomic E-state index is 0.242. The second-order valence-electron chi connectivity index (χ2n) is 7.23. The van der Waals surface area contributed by atoms with Crippen LogP contribution in [-0.4, -0.2) is 20.5 Å². The molecule has 0 saturated carbocycles. The molecule has 0 aliphatic carbocycles. The normalized spacial score (nSPS) is 12.3. The van der Waals surface area contributed by atoms with Crippen LogP contribution in [0.4, 0.5) is 0 Å². The lowest BCUT2D eigenvalue weighted by Crippen LogP contribution is -2.12. The van der Waals surface area contributed by atoms with E-state index in [4.69, 9.17) is 4.74 Å². The Balaban J connectivity index is 1.59. The van der Waals surface area contributed by atoms with E-state index < -0.39 is 12.1 Å². The van der Waals surface area contributed by atoms with Gasteiger partial charge in [-0.05, 0) is 48.8 Å². The van der Waals surface area contributed by atoms with E-state index in [9.17, 15) is 9.59 Å². The summed E-state index contributed by atoms with van der Waals surface area (Å²) >= 11 is 4.97. The van der Waals surface area contributed by atoms with Crippen LogP contribution in [0, 0.1) is 13.8 Å². The van der Waals surface area contributed by atoms with Crippen LogP contribution in [0.15, 0.2) is 45.7 Å². The van der Waals surface area contributed by atoms with Crippen molar-refractivity contribution in [2.75, 3.05) is 0 Å². The molecule has 6 nitrogen and oxygen atoms in total. The van der Waals surface area contributed by atoms with Crippen molar-refractivity contribution < 1.29 is 9.53 Å². The van der Waals surface area contributed by atoms with Gasteiger partial charge >= 0.3 is 11.7 Å². The number of H-pyrrole nitrogens is 1. The molecule has 30 heavy (non-hydrogen) atoms. The highest BCUT2D eigenvalue weighted by Gasteiger charge is 2.21. The van der Waals surface area contributed by atoms with Crippen LogP contribution < -0.4 is 5.69 Å². The van der Waals surface area contributed by atoms with Crippen molar-refractivity contribution in [3.05, 3.63) is 73.1 Å². The summed E-state index contributed by atoms with van der Waals surface area (Å²) in [6.45, 7) is 5.81. The number of rotatable bonds is 4. The maximum Gasteiger partial charge on any atom is 0.338 e. The van der Waals surface area contributed by atoms with Gasteiger partial charge < -0.3 is 9.72 Å². The molecule has 2 aromatic carbocycles. The van der Waals surface area contributed by atoms with Gasteiger partial charge in [0.15, 0.2) is 0 Å². The monoisotopic (exact) mass is 485 g/mol. The van der Waals surface area contributed by atoms with Crippen molar-refractivity contribution in [3.8, 4) is 10.6 Å². The van der Waals surface area contributed by atoms with E-state index in [1.165, 1.54) is 21.5 Å². The summed E-state index contributed by atoms with van der Waals surface area (Å²) in [6, 6.07) is 11.5. The van der Waals surface area contributed by atoms with Gasteiger partial charge in [-0.1, -0.05) is 29.8 Å². The maximum atomic E-state index is 12.8. The highest BCUT2D eigenvalue weighted by molar-refractivity contribution is 9.10. The van der Waals surface area contributed by atoms with Gasteiger partial charge in [-0.15, -0.1) is 11.3 Å². The number of thiazole rings is 1. The van der Waals surface area contributed by atoms with Crippen LogP contribution in [0.2, 0.25) is 0 Å². The van der Waals surface area contributed by atoms with Crippen molar-refractivity contribution in [1.29, 1.82) is 0 Å². The molecule has 0 aliphatic heterocycles. The fourth-order valence-electron chi connectivity index (χ4n) is 3.34. The number of ether oxygens (including phenoxy) is 1. The molecule has 1 unspecified atom stereocenters. The first-order chi connectivity index (χ1) is 14.2. The molecule has 0 bridgehead atoms. The molecule has 0 radical (unpaired) electrons. The number of hydrogen-bond donors (Lipinski definition) is 1. The van der Waals surface area contributed by atoms with Crippen LogP contribution in [0.25, 0.3) is 21.6 Å². The first-order valence-corrected chi connectivity index (χ1v) is 11.0. The zero-order valence-electron chi connectivity index (χ0n) is 16.9. The number of carbonyl (C=O) groups is 1. The summed E-state index contributed by atoms with van der Waals surface area (Å²) in [5.41, 5.74) is 4.48. The van der Waals surface area contributed by atoms with Gasteiger partial charge in [-0.25, -0.2) is 14.6 Å². The predicted molar refractivity (Wildman–Crippen MR) is 122 cm³/mol. The second-order valence-corrected chi connectivity index (χ2v) is 9.11. The number of imidazole rings is 1. The van der Waals surface area contributed by atoms with Crippen LogP contribution in [0.3, 0.4) is 0 Å². The highest BCUT2D eigenvalue weighted by atomic mass is 79.9. The van der Waals surface area contributed by atoms with E-state index in [1.807, 2.05) is 32.9 Å². The van der Waals surface area contributed by atoms with Crippen LogP contribution in [0.5, 0.6) is 0 Å². The van der Waals surface area contributed by atoms with Crippen LogP contribution in [0.1, 0.15) is 39.5 Å². The number of aryl methyl sites for hydroxylation is 3. The van der Waals surface area contributed by atoms with Crippen molar-refractivity contribution in [3.63, 3.8) is 0 Å². The Labute approximate surface area is 185 Å². The molecule has 0 spiro atoms. The summed E-state index contributed by atoms with van der Waals surface area (Å²) in [7, 11) is 1.67. The lowest BCUT2D eigenvalue weighted by atomic mass is 10.2. The minimum atomic E-state index is -0.459. The van der Waals surface area contributed by atoms with E-state index in [0.717, 1.165) is 21.1 Å². The number of halogens is 1. The van der Waals surface area contributed by atoms with E-state index >= 15 is 0 Å². The number of aromatic nitrogens is 3. The fourth-order valence-corrected chi connectivity index (χ4v) is 5.12. The lowest BCUT2D eigenvalue weighted by Gasteiger charge is -2.12. The number of aromatic amines is 1.